The molecule has 0 N–H and O–H groups in total. The minimum Gasteiger partial charge on any atom is -0.448 e. The second kappa shape index (κ2) is 9.21. The average Bonchev–Trinajstić information content (AvgIpc) is 3.20. The molecule has 3 atom stereocenters. The van der Waals surface area contributed by atoms with Gasteiger partial charge in [-0.3, -0.25) is 9.59 Å². The van der Waals surface area contributed by atoms with Gasteiger partial charge in [-0.05, 0) is 71.7 Å². The third kappa shape index (κ3) is 4.16. The number of hydrogen-bond donors (Lipinski definition) is 0. The first-order chi connectivity index (χ1) is 17.0. The molecule has 1 aromatic rings. The number of nitrogens with zero attached hydrogens (tertiary/aromatic N) is 2. The number of benzene rings is 1. The Bertz CT molecular complexity index is 1200. The van der Waals surface area contributed by atoms with Crippen LogP contribution in [-0.2, 0) is 11.2 Å². The molecule has 0 bridgehead atoms. The van der Waals surface area contributed by atoms with Gasteiger partial charge in [0.25, 0.3) is 11.7 Å². The van der Waals surface area contributed by atoms with Gasteiger partial charge in [-0.15, -0.1) is 0 Å². The van der Waals surface area contributed by atoms with E-state index >= 15 is 0 Å². The zero-order chi connectivity index (χ0) is 25.9. The van der Waals surface area contributed by atoms with Crippen molar-refractivity contribution >= 4 is 23.3 Å². The number of amides is 1. The maximum atomic E-state index is 13.7. The number of rotatable bonds is 4. The molecule has 2 aliphatic carbocycles. The summed E-state index contributed by atoms with van der Waals surface area (Å²) in [4.78, 5) is 30.5. The van der Waals surface area contributed by atoms with Gasteiger partial charge in [-0.2, -0.15) is 0 Å². The lowest BCUT2D eigenvalue weighted by Gasteiger charge is -2.39. The van der Waals surface area contributed by atoms with E-state index in [4.69, 9.17) is 21.1 Å². The average molecular weight is 513 g/mol. The number of halogens is 1. The maximum absolute atomic E-state index is 13.7. The van der Waals surface area contributed by atoms with E-state index in [1.165, 1.54) is 6.42 Å². The monoisotopic (exact) mass is 512 g/mol. The van der Waals surface area contributed by atoms with Crippen LogP contribution >= 0.6 is 11.6 Å². The van der Waals surface area contributed by atoms with Crippen LogP contribution in [0.1, 0.15) is 74.4 Å². The first-order valence-electron chi connectivity index (χ1n) is 13.1. The largest absolute Gasteiger partial charge is 0.448 e. The summed E-state index contributed by atoms with van der Waals surface area (Å²) in [5.41, 5.74) is 4.93. The van der Waals surface area contributed by atoms with E-state index in [-0.39, 0.29) is 17.6 Å². The highest BCUT2D eigenvalue weighted by Gasteiger charge is 2.49. The van der Waals surface area contributed by atoms with E-state index in [9.17, 15) is 9.59 Å². The lowest BCUT2D eigenvalue weighted by Crippen LogP contribution is -2.48. The van der Waals surface area contributed by atoms with Gasteiger partial charge in [0.1, 0.15) is 0 Å². The summed E-state index contributed by atoms with van der Waals surface area (Å²) in [6.07, 6.45) is 7.43. The number of ketones is 1. The number of fused-ring (bicyclic) bond motifs is 2. The normalized spacial score (nSPS) is 28.1. The van der Waals surface area contributed by atoms with Gasteiger partial charge in [0.2, 0.25) is 0 Å². The van der Waals surface area contributed by atoms with Gasteiger partial charge in [0.15, 0.2) is 17.3 Å². The summed E-state index contributed by atoms with van der Waals surface area (Å²) in [7, 11) is 4.26. The van der Waals surface area contributed by atoms with Gasteiger partial charge in [-0.25, -0.2) is 0 Å². The van der Waals surface area contributed by atoms with Crippen molar-refractivity contribution in [3.63, 3.8) is 0 Å². The molecule has 1 fully saturated rings. The molecule has 1 saturated carbocycles. The smallest absolute Gasteiger partial charge is 0.254 e. The van der Waals surface area contributed by atoms with Crippen LogP contribution in [0.3, 0.4) is 0 Å². The predicted molar refractivity (Wildman–Crippen MR) is 141 cm³/mol. The number of ether oxygens (including phenoxy) is 2. The zero-order valence-corrected chi connectivity index (χ0v) is 23.1. The SMILES string of the molecule is CC1=CC(C)=C(CN2CCc3c(Cl)c4c(c(C)c3C2=O)OC(C)([C@@H]2CCC[C@H](N(C)C)C2)O4)C(=O)C1. The molecular formula is C29H37ClN2O4. The van der Waals surface area contributed by atoms with Crippen LogP contribution in [0.25, 0.3) is 0 Å². The highest BCUT2D eigenvalue weighted by atomic mass is 35.5. The molecule has 4 aliphatic rings. The Hall–Kier alpha value is -2.31. The van der Waals surface area contributed by atoms with E-state index in [1.54, 1.807) is 4.90 Å². The Morgan fingerprint density at radius 2 is 1.86 bits per heavy atom. The van der Waals surface area contributed by atoms with Gasteiger partial charge < -0.3 is 19.3 Å². The second-order valence-electron chi connectivity index (χ2n) is 11.4. The van der Waals surface area contributed by atoms with Crippen LogP contribution in [0.5, 0.6) is 11.5 Å². The predicted octanol–water partition coefficient (Wildman–Crippen LogP) is 5.49. The topological polar surface area (TPSA) is 59.1 Å². The standard InChI is InChI=1S/C29H37ClN2O4/c1-16-12-17(2)22(23(33)13-16)15-32-11-10-21-24(28(32)34)18(3)26-27(25(21)30)36-29(4,35-26)19-8-7-9-20(14-19)31(5)6/h12,19-20H,7-11,13-15H2,1-6H3/t19-,20+,29?/m1/s1. The van der Waals surface area contributed by atoms with Crippen molar-refractivity contribution in [1.29, 1.82) is 0 Å². The fraction of sp³-hybridized carbons (Fsp3) is 0.586. The highest BCUT2D eigenvalue weighted by Crippen LogP contribution is 2.54. The fourth-order valence-corrected chi connectivity index (χ4v) is 6.76. The lowest BCUT2D eigenvalue weighted by atomic mass is 9.80. The first-order valence-corrected chi connectivity index (χ1v) is 13.5. The second-order valence-corrected chi connectivity index (χ2v) is 11.8. The number of allylic oxidation sites excluding steroid dienone is 3. The van der Waals surface area contributed by atoms with Gasteiger partial charge in [0, 0.05) is 49.5 Å². The summed E-state index contributed by atoms with van der Waals surface area (Å²) in [5, 5.41) is 0.491. The summed E-state index contributed by atoms with van der Waals surface area (Å²) in [6.45, 7) is 8.70. The van der Waals surface area contributed by atoms with Crippen molar-refractivity contribution in [1.82, 2.24) is 9.80 Å². The Balaban J connectivity index is 1.44. The first kappa shape index (κ1) is 25.3. The molecular weight excluding hydrogens is 476 g/mol. The third-order valence-electron chi connectivity index (χ3n) is 8.61. The van der Waals surface area contributed by atoms with E-state index in [0.717, 1.165) is 47.1 Å². The van der Waals surface area contributed by atoms with E-state index < -0.39 is 5.79 Å². The number of Topliss-reactive ketones (excluding diaryl/α,β-unsaturated/α-hetero) is 1. The molecule has 5 rings (SSSR count). The molecule has 0 aromatic heterocycles. The summed E-state index contributed by atoms with van der Waals surface area (Å²) < 4.78 is 13.1. The molecule has 1 aromatic carbocycles. The number of carbonyl (C=O) groups excluding carboxylic acids is 2. The quantitative estimate of drug-likeness (QED) is 0.534. The Labute approximate surface area is 219 Å². The maximum Gasteiger partial charge on any atom is 0.254 e. The molecule has 0 spiro atoms. The molecule has 194 valence electrons. The molecule has 1 amide bonds. The van der Waals surface area contributed by atoms with Crippen molar-refractivity contribution in [2.75, 3.05) is 27.2 Å². The summed E-state index contributed by atoms with van der Waals surface area (Å²) in [6, 6.07) is 0.496. The van der Waals surface area contributed by atoms with Crippen molar-refractivity contribution in [3.05, 3.63) is 44.5 Å². The molecule has 36 heavy (non-hydrogen) atoms. The van der Waals surface area contributed by atoms with Crippen LogP contribution in [-0.4, -0.2) is 60.5 Å². The minimum absolute atomic E-state index is 0.0969. The molecule has 0 radical (unpaired) electrons. The lowest BCUT2D eigenvalue weighted by molar-refractivity contribution is -0.125. The van der Waals surface area contributed by atoms with E-state index in [0.29, 0.717) is 54.1 Å². The Morgan fingerprint density at radius 1 is 1.14 bits per heavy atom. The van der Waals surface area contributed by atoms with Gasteiger partial charge in [-0.1, -0.05) is 29.7 Å². The number of carbonyl (C=O) groups is 2. The molecule has 2 heterocycles. The van der Waals surface area contributed by atoms with Crippen LogP contribution in [0, 0.1) is 12.8 Å². The van der Waals surface area contributed by atoms with E-state index in [1.807, 2.05) is 33.8 Å². The summed E-state index contributed by atoms with van der Waals surface area (Å²) in [5.74, 6) is 0.593. The fourth-order valence-electron chi connectivity index (χ4n) is 6.45. The van der Waals surface area contributed by atoms with Crippen LogP contribution < -0.4 is 9.47 Å². The van der Waals surface area contributed by atoms with Crippen molar-refractivity contribution in [2.24, 2.45) is 5.92 Å². The molecule has 1 unspecified atom stereocenters. The van der Waals surface area contributed by atoms with Gasteiger partial charge in [0.05, 0.1) is 10.6 Å². The van der Waals surface area contributed by atoms with Gasteiger partial charge >= 0.3 is 0 Å². The van der Waals surface area contributed by atoms with Crippen LogP contribution in [0.4, 0.5) is 0 Å². The minimum atomic E-state index is -0.807. The molecule has 6 nitrogen and oxygen atoms in total. The molecule has 7 heteroatoms. The third-order valence-corrected chi connectivity index (χ3v) is 9.01. The van der Waals surface area contributed by atoms with Crippen molar-refractivity contribution in [3.8, 4) is 11.5 Å². The van der Waals surface area contributed by atoms with Crippen molar-refractivity contribution < 1.29 is 19.1 Å². The highest BCUT2D eigenvalue weighted by molar-refractivity contribution is 6.34. The molecule has 2 aliphatic heterocycles. The van der Waals surface area contributed by atoms with E-state index in [2.05, 4.69) is 19.0 Å². The van der Waals surface area contributed by atoms with Crippen LogP contribution in [0.2, 0.25) is 5.02 Å². The molecule has 0 saturated heterocycles. The Kier molecular flexibility index (Phi) is 6.49. The summed E-state index contributed by atoms with van der Waals surface area (Å²) >= 11 is 6.90. The Morgan fingerprint density at radius 3 is 2.56 bits per heavy atom. The van der Waals surface area contributed by atoms with Crippen LogP contribution in [0.15, 0.2) is 22.8 Å². The zero-order valence-electron chi connectivity index (χ0n) is 22.3. The number of hydrogen-bond acceptors (Lipinski definition) is 5. The van der Waals surface area contributed by atoms with Crippen molar-refractivity contribution in [2.45, 2.75) is 78.0 Å².